The van der Waals surface area contributed by atoms with Gasteiger partial charge in [0.05, 0.1) is 13.2 Å². The summed E-state index contributed by atoms with van der Waals surface area (Å²) in [5.74, 6) is -0.113. The van der Waals surface area contributed by atoms with Crippen LogP contribution < -0.4 is 0 Å². The van der Waals surface area contributed by atoms with Crippen LogP contribution in [0.2, 0.25) is 0 Å². The molecule has 1 fully saturated rings. The Balaban J connectivity index is 2.20. The highest BCUT2D eigenvalue weighted by molar-refractivity contribution is 5.71. The van der Waals surface area contributed by atoms with E-state index < -0.39 is 0 Å². The number of hydrogen-bond acceptors (Lipinski definition) is 5. The van der Waals surface area contributed by atoms with Crippen molar-refractivity contribution < 1.29 is 9.53 Å². The van der Waals surface area contributed by atoms with Gasteiger partial charge in [0.1, 0.15) is 0 Å². The van der Waals surface area contributed by atoms with Crippen molar-refractivity contribution >= 4 is 5.97 Å². The fourth-order valence-electron chi connectivity index (χ4n) is 2.09. The summed E-state index contributed by atoms with van der Waals surface area (Å²) in [7, 11) is 2.16. The molecular formula is C13H27N3O2. The molecule has 0 aromatic heterocycles. The SMILES string of the molecule is CCOC(=O)CN(CC)CCN1CCN(C)CC1. The zero-order valence-corrected chi connectivity index (χ0v) is 12.0. The molecule has 1 aliphatic rings. The first-order chi connectivity index (χ1) is 8.65. The molecule has 0 spiro atoms. The van der Waals surface area contributed by atoms with Crippen LogP contribution in [0.25, 0.3) is 0 Å². The summed E-state index contributed by atoms with van der Waals surface area (Å²) in [5.41, 5.74) is 0. The van der Waals surface area contributed by atoms with Gasteiger partial charge in [-0.1, -0.05) is 6.92 Å². The van der Waals surface area contributed by atoms with Crippen molar-refractivity contribution in [3.8, 4) is 0 Å². The zero-order valence-electron chi connectivity index (χ0n) is 12.0. The van der Waals surface area contributed by atoms with Gasteiger partial charge >= 0.3 is 5.97 Å². The van der Waals surface area contributed by atoms with Crippen molar-refractivity contribution in [2.24, 2.45) is 0 Å². The first kappa shape index (κ1) is 15.4. The molecule has 1 saturated heterocycles. The number of nitrogens with zero attached hydrogens (tertiary/aromatic N) is 3. The summed E-state index contributed by atoms with van der Waals surface area (Å²) in [5, 5.41) is 0. The van der Waals surface area contributed by atoms with Crippen LogP contribution in [0.5, 0.6) is 0 Å². The van der Waals surface area contributed by atoms with Crippen LogP contribution in [0.4, 0.5) is 0 Å². The molecule has 0 amide bonds. The first-order valence-corrected chi connectivity index (χ1v) is 6.94. The standard InChI is InChI=1S/C13H27N3O2/c1-4-15(12-13(17)18-5-2)10-11-16-8-6-14(3)7-9-16/h4-12H2,1-3H3. The van der Waals surface area contributed by atoms with Gasteiger partial charge in [-0.2, -0.15) is 0 Å². The van der Waals surface area contributed by atoms with Gasteiger partial charge in [-0.05, 0) is 20.5 Å². The molecule has 0 aromatic rings. The second-order valence-corrected chi connectivity index (χ2v) is 4.82. The normalized spacial score (nSPS) is 18.2. The van der Waals surface area contributed by atoms with Crippen molar-refractivity contribution in [1.82, 2.24) is 14.7 Å². The molecule has 0 aromatic carbocycles. The minimum absolute atomic E-state index is 0.113. The molecule has 106 valence electrons. The van der Waals surface area contributed by atoms with Crippen LogP contribution in [0.15, 0.2) is 0 Å². The van der Waals surface area contributed by atoms with E-state index in [2.05, 4.69) is 28.7 Å². The van der Waals surface area contributed by atoms with E-state index in [0.29, 0.717) is 13.2 Å². The van der Waals surface area contributed by atoms with Crippen molar-refractivity contribution in [1.29, 1.82) is 0 Å². The van der Waals surface area contributed by atoms with E-state index in [4.69, 9.17) is 4.74 Å². The van der Waals surface area contributed by atoms with Crippen LogP contribution in [0.3, 0.4) is 0 Å². The van der Waals surface area contributed by atoms with Crippen molar-refractivity contribution in [2.45, 2.75) is 13.8 Å². The fraction of sp³-hybridized carbons (Fsp3) is 0.923. The number of piperazine rings is 1. The van der Waals surface area contributed by atoms with Crippen LogP contribution in [-0.4, -0.2) is 86.7 Å². The molecule has 0 radical (unpaired) electrons. The lowest BCUT2D eigenvalue weighted by Crippen LogP contribution is -2.47. The summed E-state index contributed by atoms with van der Waals surface area (Å²) in [6.45, 7) is 12.2. The van der Waals surface area contributed by atoms with Gasteiger partial charge in [-0.3, -0.25) is 14.6 Å². The molecule has 1 rings (SSSR count). The quantitative estimate of drug-likeness (QED) is 0.605. The third kappa shape index (κ3) is 5.80. The lowest BCUT2D eigenvalue weighted by atomic mass is 10.3. The van der Waals surface area contributed by atoms with Gasteiger partial charge in [0.15, 0.2) is 0 Å². The van der Waals surface area contributed by atoms with Gasteiger partial charge in [0.2, 0.25) is 0 Å². The number of carbonyl (C=O) groups is 1. The topological polar surface area (TPSA) is 36.0 Å². The van der Waals surface area contributed by atoms with Gasteiger partial charge in [-0.15, -0.1) is 0 Å². The largest absolute Gasteiger partial charge is 0.465 e. The van der Waals surface area contributed by atoms with E-state index in [0.717, 1.165) is 45.8 Å². The Bertz CT molecular complexity index is 240. The molecule has 0 aliphatic carbocycles. The lowest BCUT2D eigenvalue weighted by molar-refractivity contribution is -0.144. The van der Waals surface area contributed by atoms with E-state index in [1.807, 2.05) is 6.92 Å². The molecule has 0 bridgehead atoms. The molecule has 1 aliphatic heterocycles. The van der Waals surface area contributed by atoms with E-state index in [1.165, 1.54) is 0 Å². The summed E-state index contributed by atoms with van der Waals surface area (Å²) in [6.07, 6.45) is 0. The summed E-state index contributed by atoms with van der Waals surface area (Å²) < 4.78 is 4.98. The Morgan fingerprint density at radius 1 is 1.22 bits per heavy atom. The zero-order chi connectivity index (χ0) is 13.4. The number of hydrogen-bond donors (Lipinski definition) is 0. The summed E-state index contributed by atoms with van der Waals surface area (Å²) >= 11 is 0. The Morgan fingerprint density at radius 2 is 1.89 bits per heavy atom. The molecule has 0 N–H and O–H groups in total. The van der Waals surface area contributed by atoms with Crippen molar-refractivity contribution in [3.05, 3.63) is 0 Å². The van der Waals surface area contributed by atoms with Gasteiger partial charge < -0.3 is 9.64 Å². The highest BCUT2D eigenvalue weighted by Gasteiger charge is 2.15. The van der Waals surface area contributed by atoms with Gasteiger partial charge in [-0.25, -0.2) is 0 Å². The minimum Gasteiger partial charge on any atom is -0.465 e. The van der Waals surface area contributed by atoms with Crippen LogP contribution in [0, 0.1) is 0 Å². The Morgan fingerprint density at radius 3 is 2.44 bits per heavy atom. The Hall–Kier alpha value is -0.650. The molecule has 1 heterocycles. The summed E-state index contributed by atoms with van der Waals surface area (Å²) in [6, 6.07) is 0. The van der Waals surface area contributed by atoms with E-state index >= 15 is 0 Å². The van der Waals surface area contributed by atoms with Crippen LogP contribution in [-0.2, 0) is 9.53 Å². The molecule has 18 heavy (non-hydrogen) atoms. The number of ether oxygens (including phenoxy) is 1. The molecule has 5 heteroatoms. The maximum atomic E-state index is 11.4. The predicted molar refractivity (Wildman–Crippen MR) is 72.7 cm³/mol. The second kappa shape index (κ2) is 8.45. The van der Waals surface area contributed by atoms with E-state index in [1.54, 1.807) is 0 Å². The van der Waals surface area contributed by atoms with Crippen LogP contribution in [0.1, 0.15) is 13.8 Å². The van der Waals surface area contributed by atoms with Crippen molar-refractivity contribution in [3.63, 3.8) is 0 Å². The maximum absolute atomic E-state index is 11.4. The molecule has 0 saturated carbocycles. The van der Waals surface area contributed by atoms with E-state index in [9.17, 15) is 4.79 Å². The predicted octanol–water partition coefficient (Wildman–Crippen LogP) is 0.119. The third-order valence-corrected chi connectivity index (χ3v) is 3.43. The first-order valence-electron chi connectivity index (χ1n) is 6.94. The highest BCUT2D eigenvalue weighted by atomic mass is 16.5. The number of esters is 1. The second-order valence-electron chi connectivity index (χ2n) is 4.82. The van der Waals surface area contributed by atoms with E-state index in [-0.39, 0.29) is 5.97 Å². The van der Waals surface area contributed by atoms with Crippen molar-refractivity contribution in [2.75, 3.05) is 66.0 Å². The summed E-state index contributed by atoms with van der Waals surface area (Å²) in [4.78, 5) is 18.4. The third-order valence-electron chi connectivity index (χ3n) is 3.43. The smallest absolute Gasteiger partial charge is 0.320 e. The highest BCUT2D eigenvalue weighted by Crippen LogP contribution is 2.00. The van der Waals surface area contributed by atoms with Crippen LogP contribution >= 0.6 is 0 Å². The maximum Gasteiger partial charge on any atom is 0.320 e. The minimum atomic E-state index is -0.113. The lowest BCUT2D eigenvalue weighted by Gasteiger charge is -2.33. The Labute approximate surface area is 111 Å². The number of likely N-dealkylation sites (N-methyl/N-ethyl adjacent to an activating group) is 2. The molecular weight excluding hydrogens is 230 g/mol. The van der Waals surface area contributed by atoms with Gasteiger partial charge in [0, 0.05) is 39.3 Å². The number of carbonyl (C=O) groups excluding carboxylic acids is 1. The fourth-order valence-corrected chi connectivity index (χ4v) is 2.09. The monoisotopic (exact) mass is 257 g/mol. The Kier molecular flexibility index (Phi) is 7.23. The number of rotatable bonds is 7. The van der Waals surface area contributed by atoms with Gasteiger partial charge in [0.25, 0.3) is 0 Å². The molecule has 0 unspecified atom stereocenters. The molecule has 5 nitrogen and oxygen atoms in total. The molecule has 0 atom stereocenters. The average Bonchev–Trinajstić information content (AvgIpc) is 2.36. The average molecular weight is 257 g/mol.